The Morgan fingerprint density at radius 1 is 0.972 bits per heavy atom. The van der Waals surface area contributed by atoms with Crippen LogP contribution in [0.5, 0.6) is 0 Å². The Hall–Kier alpha value is -3.04. The van der Waals surface area contributed by atoms with Crippen molar-refractivity contribution >= 4 is 27.8 Å². The molecule has 1 unspecified atom stereocenters. The summed E-state index contributed by atoms with van der Waals surface area (Å²) in [4.78, 5) is 38.3. The molecular weight excluding hydrogens is 480 g/mol. The quantitative estimate of drug-likeness (QED) is 0.280. The van der Waals surface area contributed by atoms with E-state index < -0.39 is 22.1 Å². The van der Waals surface area contributed by atoms with Gasteiger partial charge in [0.05, 0.1) is 11.5 Å². The molecule has 0 aromatic heterocycles. The van der Waals surface area contributed by atoms with Gasteiger partial charge in [-0.2, -0.15) is 8.42 Å². The third-order valence-corrected chi connectivity index (χ3v) is 8.08. The number of amides is 3. The molecule has 8 nitrogen and oxygen atoms in total. The lowest BCUT2D eigenvalue weighted by Crippen LogP contribution is -2.52. The van der Waals surface area contributed by atoms with Crippen LogP contribution in [-0.2, 0) is 36.9 Å². The maximum Gasteiger partial charge on any atom is 0.296 e. The average Bonchev–Trinajstić information content (AvgIpc) is 3.16. The largest absolute Gasteiger partial charge is 0.322 e. The molecule has 0 radical (unpaired) electrons. The summed E-state index contributed by atoms with van der Waals surface area (Å²) in [5, 5.41) is 2.32. The van der Waals surface area contributed by atoms with E-state index in [0.717, 1.165) is 48.8 Å². The Morgan fingerprint density at radius 2 is 1.69 bits per heavy atom. The first-order chi connectivity index (χ1) is 17.2. The van der Waals surface area contributed by atoms with Crippen LogP contribution in [0.25, 0.3) is 0 Å². The van der Waals surface area contributed by atoms with Crippen molar-refractivity contribution in [3.05, 3.63) is 64.7 Å². The third-order valence-electron chi connectivity index (χ3n) is 6.75. The number of hydrogen-bond acceptors (Lipinski definition) is 6. The molecule has 36 heavy (non-hydrogen) atoms. The molecule has 0 spiro atoms. The van der Waals surface area contributed by atoms with E-state index in [-0.39, 0.29) is 29.7 Å². The average molecular weight is 513 g/mol. The number of nitrogens with one attached hydrogen (secondary N) is 1. The van der Waals surface area contributed by atoms with Gasteiger partial charge in [0.2, 0.25) is 11.8 Å². The highest BCUT2D eigenvalue weighted by Gasteiger charge is 2.39. The molecule has 2 heterocycles. The zero-order chi connectivity index (χ0) is 25.7. The number of imide groups is 1. The lowest BCUT2D eigenvalue weighted by molar-refractivity contribution is -0.136. The third kappa shape index (κ3) is 6.20. The maximum atomic E-state index is 12.9. The monoisotopic (exact) mass is 512 g/mol. The Morgan fingerprint density at radius 3 is 2.44 bits per heavy atom. The second-order valence-electron chi connectivity index (χ2n) is 9.50. The Kier molecular flexibility index (Phi) is 8.21. The van der Waals surface area contributed by atoms with Crippen molar-refractivity contribution < 1.29 is 27.0 Å². The summed E-state index contributed by atoms with van der Waals surface area (Å²) in [6.45, 7) is 2.47. The number of nitrogens with zero attached hydrogens (tertiary/aromatic N) is 1. The van der Waals surface area contributed by atoms with Gasteiger partial charge in [0.25, 0.3) is 16.0 Å². The zero-order valence-corrected chi connectivity index (χ0v) is 21.3. The molecule has 2 aromatic carbocycles. The fraction of sp³-hybridized carbons (Fsp3) is 0.444. The predicted octanol–water partition coefficient (Wildman–Crippen LogP) is 3.65. The van der Waals surface area contributed by atoms with Gasteiger partial charge in [-0.25, -0.2) is 0 Å². The normalized spacial score (nSPS) is 17.9. The highest BCUT2D eigenvalue weighted by atomic mass is 32.2. The van der Waals surface area contributed by atoms with Crippen LogP contribution in [0.15, 0.2) is 47.4 Å². The minimum atomic E-state index is -3.70. The van der Waals surface area contributed by atoms with Gasteiger partial charge in [-0.1, -0.05) is 49.1 Å². The van der Waals surface area contributed by atoms with Crippen molar-refractivity contribution in [1.29, 1.82) is 0 Å². The van der Waals surface area contributed by atoms with Crippen LogP contribution in [0, 0.1) is 6.92 Å². The second kappa shape index (κ2) is 11.3. The van der Waals surface area contributed by atoms with Gasteiger partial charge in [-0.3, -0.25) is 23.9 Å². The molecule has 9 heteroatoms. The SMILES string of the molecule is Cc1ccc(S(=O)(=O)OCCCCCCCc2ccc3c(c2)C(=O)N(C2CCC(=O)NC2=O)C3)cc1. The fourth-order valence-corrected chi connectivity index (χ4v) is 5.60. The van der Waals surface area contributed by atoms with Crippen LogP contribution in [0.1, 0.15) is 72.0 Å². The molecule has 2 aliphatic heterocycles. The lowest BCUT2D eigenvalue weighted by Gasteiger charge is -2.29. The lowest BCUT2D eigenvalue weighted by atomic mass is 10.0. The van der Waals surface area contributed by atoms with Gasteiger partial charge in [0, 0.05) is 18.5 Å². The van der Waals surface area contributed by atoms with Crippen molar-refractivity contribution in [2.45, 2.75) is 75.8 Å². The van der Waals surface area contributed by atoms with E-state index in [1.54, 1.807) is 29.2 Å². The molecule has 2 aromatic rings. The summed E-state index contributed by atoms with van der Waals surface area (Å²) in [5.41, 5.74) is 3.63. The van der Waals surface area contributed by atoms with Crippen molar-refractivity contribution in [2.75, 3.05) is 6.61 Å². The van der Waals surface area contributed by atoms with E-state index >= 15 is 0 Å². The number of benzene rings is 2. The van der Waals surface area contributed by atoms with E-state index in [9.17, 15) is 22.8 Å². The van der Waals surface area contributed by atoms with Crippen LogP contribution in [-0.4, -0.2) is 43.7 Å². The Labute approximate surface area is 212 Å². The summed E-state index contributed by atoms with van der Waals surface area (Å²) in [6, 6.07) is 11.9. The van der Waals surface area contributed by atoms with E-state index in [1.165, 1.54) is 0 Å². The molecule has 192 valence electrons. The van der Waals surface area contributed by atoms with Crippen LogP contribution < -0.4 is 5.32 Å². The van der Waals surface area contributed by atoms with Crippen LogP contribution in [0.2, 0.25) is 0 Å². The number of piperidine rings is 1. The number of unbranched alkanes of at least 4 members (excludes halogenated alkanes) is 4. The van der Waals surface area contributed by atoms with Gasteiger partial charge in [0.1, 0.15) is 6.04 Å². The topological polar surface area (TPSA) is 110 Å². The van der Waals surface area contributed by atoms with Crippen LogP contribution >= 0.6 is 0 Å². The van der Waals surface area contributed by atoms with Crippen molar-refractivity contribution in [2.24, 2.45) is 0 Å². The number of hydrogen-bond donors (Lipinski definition) is 1. The number of aryl methyl sites for hydroxylation is 2. The van der Waals surface area contributed by atoms with Crippen LogP contribution in [0.3, 0.4) is 0 Å². The summed E-state index contributed by atoms with van der Waals surface area (Å²) in [7, 11) is -3.70. The molecule has 0 bridgehead atoms. The highest BCUT2D eigenvalue weighted by Crippen LogP contribution is 2.28. The molecule has 1 fully saturated rings. The number of fused-ring (bicyclic) bond motifs is 1. The van der Waals surface area contributed by atoms with Crippen molar-refractivity contribution in [3.63, 3.8) is 0 Å². The minimum absolute atomic E-state index is 0.151. The molecule has 3 amide bonds. The second-order valence-corrected chi connectivity index (χ2v) is 11.1. The highest BCUT2D eigenvalue weighted by molar-refractivity contribution is 7.86. The van der Waals surface area contributed by atoms with E-state index in [2.05, 4.69) is 5.32 Å². The summed E-state index contributed by atoms with van der Waals surface area (Å²) >= 11 is 0. The van der Waals surface area contributed by atoms with Crippen LogP contribution in [0.4, 0.5) is 0 Å². The first-order valence-corrected chi connectivity index (χ1v) is 13.9. The van der Waals surface area contributed by atoms with Gasteiger partial charge in [0.15, 0.2) is 0 Å². The Balaban J connectivity index is 1.16. The zero-order valence-electron chi connectivity index (χ0n) is 20.5. The molecular formula is C27H32N2O6S. The molecule has 4 rings (SSSR count). The molecule has 1 atom stereocenters. The molecule has 1 saturated heterocycles. The number of carbonyl (C=O) groups excluding carboxylic acids is 3. The summed E-state index contributed by atoms with van der Waals surface area (Å²) in [6.07, 6.45) is 5.95. The standard InChI is InChI=1S/C27H32N2O6S/c1-19-8-12-22(13-9-19)36(33,34)35-16-6-4-2-3-5-7-20-10-11-21-18-29(27(32)23(21)17-20)24-14-15-25(30)28-26(24)31/h8-13,17,24H,2-7,14-16,18H2,1H3,(H,28,30,31). The van der Waals surface area contributed by atoms with E-state index in [1.807, 2.05) is 25.1 Å². The predicted molar refractivity (Wildman–Crippen MR) is 134 cm³/mol. The van der Waals surface area contributed by atoms with Crippen molar-refractivity contribution in [3.8, 4) is 0 Å². The van der Waals surface area contributed by atoms with Gasteiger partial charge in [-0.15, -0.1) is 0 Å². The van der Waals surface area contributed by atoms with Gasteiger partial charge in [-0.05, 0) is 61.9 Å². The van der Waals surface area contributed by atoms with Crippen molar-refractivity contribution in [1.82, 2.24) is 10.2 Å². The summed E-state index contributed by atoms with van der Waals surface area (Å²) in [5.74, 6) is -0.838. The first-order valence-electron chi connectivity index (χ1n) is 12.5. The van der Waals surface area contributed by atoms with E-state index in [0.29, 0.717) is 24.9 Å². The fourth-order valence-electron chi connectivity index (χ4n) is 4.66. The minimum Gasteiger partial charge on any atom is -0.322 e. The number of carbonyl (C=O) groups is 3. The van der Waals surface area contributed by atoms with E-state index in [4.69, 9.17) is 4.18 Å². The number of rotatable bonds is 11. The molecule has 0 saturated carbocycles. The first kappa shape index (κ1) is 26.0. The smallest absolute Gasteiger partial charge is 0.296 e. The molecule has 0 aliphatic carbocycles. The Bertz CT molecular complexity index is 1240. The van der Waals surface area contributed by atoms with Gasteiger partial charge < -0.3 is 4.90 Å². The summed E-state index contributed by atoms with van der Waals surface area (Å²) < 4.78 is 29.5. The van der Waals surface area contributed by atoms with Gasteiger partial charge >= 0.3 is 0 Å². The molecule has 1 N–H and O–H groups in total. The molecule has 2 aliphatic rings. The maximum absolute atomic E-state index is 12.9.